The van der Waals surface area contributed by atoms with Crippen LogP contribution in [0.25, 0.3) is 6.08 Å². The van der Waals surface area contributed by atoms with Crippen molar-refractivity contribution in [3.05, 3.63) is 71.6 Å². The quantitative estimate of drug-likeness (QED) is 0.850. The van der Waals surface area contributed by atoms with Gasteiger partial charge in [-0.1, -0.05) is 30.3 Å². The van der Waals surface area contributed by atoms with Gasteiger partial charge in [-0.15, -0.1) is 0 Å². The van der Waals surface area contributed by atoms with Crippen molar-refractivity contribution in [1.82, 2.24) is 5.32 Å². The van der Waals surface area contributed by atoms with Gasteiger partial charge in [-0.2, -0.15) is 0 Å². The van der Waals surface area contributed by atoms with E-state index in [1.165, 1.54) is 36.7 Å². The zero-order valence-corrected chi connectivity index (χ0v) is 13.5. The van der Waals surface area contributed by atoms with Gasteiger partial charge in [-0.25, -0.2) is 4.39 Å². The van der Waals surface area contributed by atoms with Crippen LogP contribution in [0.15, 0.2) is 54.6 Å². The van der Waals surface area contributed by atoms with E-state index in [2.05, 4.69) is 16.3 Å². The molecule has 1 heterocycles. The fourth-order valence-corrected chi connectivity index (χ4v) is 2.95. The predicted octanol–water partition coefficient (Wildman–Crippen LogP) is 3.76. The first-order valence-corrected chi connectivity index (χ1v) is 8.27. The van der Waals surface area contributed by atoms with Crippen LogP contribution in [-0.2, 0) is 11.3 Å². The van der Waals surface area contributed by atoms with Gasteiger partial charge in [-0.05, 0) is 48.2 Å². The zero-order valence-electron chi connectivity index (χ0n) is 13.5. The number of hydrogen-bond acceptors (Lipinski definition) is 2. The fraction of sp³-hybridized carbons (Fsp3) is 0.250. The minimum Gasteiger partial charge on any atom is -0.371 e. The lowest BCUT2D eigenvalue weighted by Gasteiger charge is -2.21. The third-order valence-corrected chi connectivity index (χ3v) is 4.17. The lowest BCUT2D eigenvalue weighted by Crippen LogP contribution is -2.24. The summed E-state index contributed by atoms with van der Waals surface area (Å²) in [6.07, 6.45) is 5.49. The summed E-state index contributed by atoms with van der Waals surface area (Å²) < 4.78 is 13.1. The highest BCUT2D eigenvalue weighted by molar-refractivity contribution is 5.91. The Labute approximate surface area is 141 Å². The molecule has 1 amide bonds. The van der Waals surface area contributed by atoms with E-state index in [1.807, 2.05) is 18.2 Å². The topological polar surface area (TPSA) is 32.3 Å². The maximum Gasteiger partial charge on any atom is 0.244 e. The van der Waals surface area contributed by atoms with E-state index in [9.17, 15) is 9.18 Å². The molecule has 0 saturated carbocycles. The van der Waals surface area contributed by atoms with Gasteiger partial charge in [0.1, 0.15) is 5.82 Å². The highest BCUT2D eigenvalue weighted by Crippen LogP contribution is 2.24. The smallest absolute Gasteiger partial charge is 0.244 e. The number of rotatable bonds is 5. The van der Waals surface area contributed by atoms with Crippen LogP contribution in [0.2, 0.25) is 0 Å². The molecule has 24 heavy (non-hydrogen) atoms. The molecular weight excluding hydrogens is 303 g/mol. The molecule has 1 N–H and O–H groups in total. The zero-order chi connectivity index (χ0) is 16.8. The Morgan fingerprint density at radius 1 is 1.12 bits per heavy atom. The monoisotopic (exact) mass is 324 g/mol. The molecule has 3 nitrogen and oxygen atoms in total. The maximum atomic E-state index is 13.1. The molecule has 124 valence electrons. The van der Waals surface area contributed by atoms with E-state index in [1.54, 1.807) is 18.2 Å². The minimum absolute atomic E-state index is 0.185. The second kappa shape index (κ2) is 7.77. The standard InChI is InChI=1S/C20H21FN2O/c21-18-8-5-6-16(14-18)10-11-20(24)22-15-17-7-1-2-9-19(17)23-12-3-4-13-23/h1-2,5-11,14H,3-4,12-13,15H2,(H,22,24)/b11-10-. The molecule has 2 aromatic rings. The molecule has 0 radical (unpaired) electrons. The Hall–Kier alpha value is -2.62. The summed E-state index contributed by atoms with van der Waals surface area (Å²) in [5.74, 6) is -0.493. The molecule has 0 atom stereocenters. The molecule has 0 spiro atoms. The van der Waals surface area contributed by atoms with Crippen LogP contribution in [0, 0.1) is 5.82 Å². The van der Waals surface area contributed by atoms with E-state index < -0.39 is 0 Å². The number of nitrogens with one attached hydrogen (secondary N) is 1. The molecule has 4 heteroatoms. The first kappa shape index (κ1) is 16.2. The van der Waals surface area contributed by atoms with E-state index >= 15 is 0 Å². The largest absolute Gasteiger partial charge is 0.371 e. The molecule has 2 aromatic carbocycles. The van der Waals surface area contributed by atoms with Crippen molar-refractivity contribution in [1.29, 1.82) is 0 Å². The van der Waals surface area contributed by atoms with E-state index in [0.717, 1.165) is 18.7 Å². The normalized spacial score (nSPS) is 14.3. The second-order valence-electron chi connectivity index (χ2n) is 5.93. The molecule has 1 fully saturated rings. The highest BCUT2D eigenvalue weighted by atomic mass is 19.1. The van der Waals surface area contributed by atoms with Gasteiger partial charge in [-0.3, -0.25) is 4.79 Å². The molecule has 1 aliphatic heterocycles. The van der Waals surface area contributed by atoms with Crippen LogP contribution in [-0.4, -0.2) is 19.0 Å². The number of carbonyl (C=O) groups is 1. The Morgan fingerprint density at radius 3 is 2.71 bits per heavy atom. The molecule has 0 unspecified atom stereocenters. The average Bonchev–Trinajstić information content (AvgIpc) is 3.13. The first-order valence-electron chi connectivity index (χ1n) is 8.27. The van der Waals surface area contributed by atoms with Crippen molar-refractivity contribution in [2.45, 2.75) is 19.4 Å². The van der Waals surface area contributed by atoms with Crippen LogP contribution >= 0.6 is 0 Å². The summed E-state index contributed by atoms with van der Waals surface area (Å²) in [7, 11) is 0. The first-order chi connectivity index (χ1) is 11.7. The van der Waals surface area contributed by atoms with Crippen LogP contribution in [0.4, 0.5) is 10.1 Å². The average molecular weight is 324 g/mol. The van der Waals surface area contributed by atoms with Gasteiger partial charge in [0.05, 0.1) is 0 Å². The summed E-state index contributed by atoms with van der Waals surface area (Å²) in [5.41, 5.74) is 2.99. The van der Waals surface area contributed by atoms with Crippen LogP contribution in [0.1, 0.15) is 24.0 Å². The highest BCUT2D eigenvalue weighted by Gasteiger charge is 2.15. The Balaban J connectivity index is 1.60. The van der Waals surface area contributed by atoms with Crippen molar-refractivity contribution in [3.8, 4) is 0 Å². The fourth-order valence-electron chi connectivity index (χ4n) is 2.95. The van der Waals surface area contributed by atoms with E-state index in [-0.39, 0.29) is 11.7 Å². The lowest BCUT2D eigenvalue weighted by atomic mass is 10.1. The third-order valence-electron chi connectivity index (χ3n) is 4.17. The van der Waals surface area contributed by atoms with Gasteiger partial charge in [0.25, 0.3) is 0 Å². The van der Waals surface area contributed by atoms with Crippen molar-refractivity contribution in [3.63, 3.8) is 0 Å². The molecular formula is C20H21FN2O. The molecule has 0 bridgehead atoms. The van der Waals surface area contributed by atoms with Crippen LogP contribution < -0.4 is 10.2 Å². The number of para-hydroxylation sites is 1. The number of amides is 1. The van der Waals surface area contributed by atoms with Gasteiger partial charge in [0.15, 0.2) is 0 Å². The summed E-state index contributed by atoms with van der Waals surface area (Å²) in [4.78, 5) is 14.4. The van der Waals surface area contributed by atoms with Gasteiger partial charge in [0, 0.05) is 31.4 Å². The van der Waals surface area contributed by atoms with Gasteiger partial charge >= 0.3 is 0 Å². The molecule has 3 rings (SSSR count). The molecule has 1 aliphatic rings. The van der Waals surface area contributed by atoms with Crippen molar-refractivity contribution >= 4 is 17.7 Å². The number of benzene rings is 2. The molecule has 0 aromatic heterocycles. The number of anilines is 1. The number of hydrogen-bond donors (Lipinski definition) is 1. The number of carbonyl (C=O) groups excluding carboxylic acids is 1. The van der Waals surface area contributed by atoms with Crippen LogP contribution in [0.5, 0.6) is 0 Å². The number of nitrogens with zero attached hydrogens (tertiary/aromatic N) is 1. The summed E-state index contributed by atoms with van der Waals surface area (Å²) in [5, 5.41) is 2.90. The molecule has 0 aliphatic carbocycles. The van der Waals surface area contributed by atoms with Crippen molar-refractivity contribution in [2.75, 3.05) is 18.0 Å². The van der Waals surface area contributed by atoms with Gasteiger partial charge in [0.2, 0.25) is 5.91 Å². The second-order valence-corrected chi connectivity index (χ2v) is 5.93. The van der Waals surface area contributed by atoms with E-state index in [0.29, 0.717) is 12.1 Å². The maximum absolute atomic E-state index is 13.1. The van der Waals surface area contributed by atoms with E-state index in [4.69, 9.17) is 0 Å². The molecule has 1 saturated heterocycles. The van der Waals surface area contributed by atoms with Gasteiger partial charge < -0.3 is 10.2 Å². The van der Waals surface area contributed by atoms with Crippen molar-refractivity contribution in [2.24, 2.45) is 0 Å². The summed E-state index contributed by atoms with van der Waals surface area (Å²) >= 11 is 0. The Kier molecular flexibility index (Phi) is 5.26. The Morgan fingerprint density at radius 2 is 1.92 bits per heavy atom. The summed E-state index contributed by atoms with van der Waals surface area (Å²) in [6, 6.07) is 14.3. The number of halogens is 1. The Bertz CT molecular complexity index is 736. The third kappa shape index (κ3) is 4.22. The lowest BCUT2D eigenvalue weighted by molar-refractivity contribution is -0.116. The van der Waals surface area contributed by atoms with Crippen molar-refractivity contribution < 1.29 is 9.18 Å². The minimum atomic E-state index is -0.308. The predicted molar refractivity (Wildman–Crippen MR) is 95.2 cm³/mol. The SMILES string of the molecule is O=C(/C=C\c1cccc(F)c1)NCc1ccccc1N1CCCC1. The summed E-state index contributed by atoms with van der Waals surface area (Å²) in [6.45, 7) is 2.63. The van der Waals surface area contributed by atoms with Crippen LogP contribution in [0.3, 0.4) is 0 Å².